The Labute approximate surface area is 82.4 Å². The fourth-order valence-corrected chi connectivity index (χ4v) is 1.14. The molecular formula is C9H5F4NO. The van der Waals surface area contributed by atoms with Crippen LogP contribution in [0.3, 0.4) is 0 Å². The Balaban J connectivity index is 3.51. The van der Waals surface area contributed by atoms with Crippen LogP contribution in [0.4, 0.5) is 17.6 Å². The van der Waals surface area contributed by atoms with Crippen LogP contribution in [0.1, 0.15) is 16.7 Å². The lowest BCUT2D eigenvalue weighted by Gasteiger charge is -2.11. The van der Waals surface area contributed by atoms with E-state index in [1.54, 1.807) is 0 Å². The molecule has 80 valence electrons. The first kappa shape index (κ1) is 11.5. The van der Waals surface area contributed by atoms with Crippen molar-refractivity contribution in [1.82, 2.24) is 0 Å². The van der Waals surface area contributed by atoms with Gasteiger partial charge < -0.3 is 5.11 Å². The van der Waals surface area contributed by atoms with Crippen molar-refractivity contribution in [3.8, 4) is 6.07 Å². The number of benzene rings is 1. The van der Waals surface area contributed by atoms with Crippen LogP contribution >= 0.6 is 0 Å². The largest absolute Gasteiger partial charge is 0.417 e. The molecule has 1 N–H and O–H groups in total. The van der Waals surface area contributed by atoms with Crippen molar-refractivity contribution >= 4 is 0 Å². The van der Waals surface area contributed by atoms with Crippen LogP contribution in [-0.2, 0) is 12.8 Å². The topological polar surface area (TPSA) is 44.0 Å². The van der Waals surface area contributed by atoms with Crippen molar-refractivity contribution < 1.29 is 22.7 Å². The third-order valence-corrected chi connectivity index (χ3v) is 1.83. The van der Waals surface area contributed by atoms with Gasteiger partial charge in [-0.1, -0.05) is 0 Å². The molecule has 0 fully saturated rings. The van der Waals surface area contributed by atoms with Crippen molar-refractivity contribution in [2.45, 2.75) is 12.8 Å². The number of alkyl halides is 3. The van der Waals surface area contributed by atoms with E-state index in [-0.39, 0.29) is 0 Å². The zero-order chi connectivity index (χ0) is 11.6. The van der Waals surface area contributed by atoms with Crippen molar-refractivity contribution in [2.75, 3.05) is 0 Å². The molecule has 0 spiro atoms. The van der Waals surface area contributed by atoms with Gasteiger partial charge in [0.2, 0.25) is 0 Å². The second kappa shape index (κ2) is 3.87. The van der Waals surface area contributed by atoms with E-state index in [0.717, 1.165) is 0 Å². The smallest absolute Gasteiger partial charge is 0.392 e. The number of aliphatic hydroxyl groups is 1. The molecule has 0 amide bonds. The van der Waals surface area contributed by atoms with Crippen molar-refractivity contribution in [3.05, 3.63) is 34.6 Å². The SMILES string of the molecule is N#Cc1c(C(F)(F)F)ccc(F)c1CO. The second-order valence-corrected chi connectivity index (χ2v) is 2.72. The molecule has 0 bridgehead atoms. The number of halogens is 4. The van der Waals surface area contributed by atoms with Crippen LogP contribution in [-0.4, -0.2) is 5.11 Å². The van der Waals surface area contributed by atoms with Crippen LogP contribution in [0.25, 0.3) is 0 Å². The first-order chi connectivity index (χ1) is 6.91. The molecule has 0 saturated carbocycles. The average molecular weight is 219 g/mol. The van der Waals surface area contributed by atoms with Gasteiger partial charge in [-0.2, -0.15) is 18.4 Å². The fraction of sp³-hybridized carbons (Fsp3) is 0.222. The van der Waals surface area contributed by atoms with E-state index >= 15 is 0 Å². The molecular weight excluding hydrogens is 214 g/mol. The maximum absolute atomic E-state index is 12.9. The molecule has 0 unspecified atom stereocenters. The number of rotatable bonds is 1. The first-order valence-corrected chi connectivity index (χ1v) is 3.81. The van der Waals surface area contributed by atoms with E-state index in [0.29, 0.717) is 12.1 Å². The van der Waals surface area contributed by atoms with Crippen LogP contribution < -0.4 is 0 Å². The summed E-state index contributed by atoms with van der Waals surface area (Å²) >= 11 is 0. The molecule has 15 heavy (non-hydrogen) atoms. The highest BCUT2D eigenvalue weighted by Crippen LogP contribution is 2.33. The highest BCUT2D eigenvalue weighted by molar-refractivity contribution is 5.46. The number of aliphatic hydroxyl groups excluding tert-OH is 1. The second-order valence-electron chi connectivity index (χ2n) is 2.72. The van der Waals surface area contributed by atoms with Crippen molar-refractivity contribution in [3.63, 3.8) is 0 Å². The third kappa shape index (κ3) is 2.07. The van der Waals surface area contributed by atoms with E-state index in [1.165, 1.54) is 6.07 Å². The Morgan fingerprint density at radius 1 is 1.33 bits per heavy atom. The molecule has 2 nitrogen and oxygen atoms in total. The summed E-state index contributed by atoms with van der Waals surface area (Å²) in [5.74, 6) is -1.03. The van der Waals surface area contributed by atoms with Crippen LogP contribution in [0.15, 0.2) is 12.1 Å². The van der Waals surface area contributed by atoms with E-state index < -0.39 is 35.3 Å². The predicted octanol–water partition coefficient (Wildman–Crippen LogP) is 2.21. The molecule has 0 heterocycles. The highest BCUT2D eigenvalue weighted by atomic mass is 19.4. The Hall–Kier alpha value is -1.61. The molecule has 1 rings (SSSR count). The Morgan fingerprint density at radius 2 is 1.93 bits per heavy atom. The van der Waals surface area contributed by atoms with Crippen molar-refractivity contribution in [2.24, 2.45) is 0 Å². The summed E-state index contributed by atoms with van der Waals surface area (Å²) < 4.78 is 49.9. The summed E-state index contributed by atoms with van der Waals surface area (Å²) in [6, 6.07) is 2.30. The fourth-order valence-electron chi connectivity index (χ4n) is 1.14. The van der Waals surface area contributed by atoms with E-state index in [2.05, 4.69) is 0 Å². The maximum atomic E-state index is 12.9. The minimum atomic E-state index is -4.73. The summed E-state index contributed by atoms with van der Waals surface area (Å²) in [4.78, 5) is 0. The van der Waals surface area contributed by atoms with Crippen LogP contribution in [0.2, 0.25) is 0 Å². The lowest BCUT2D eigenvalue weighted by molar-refractivity contribution is -0.137. The normalized spacial score (nSPS) is 11.2. The Kier molecular flexibility index (Phi) is 2.95. The Bertz CT molecular complexity index is 419. The molecule has 0 aromatic heterocycles. The van der Waals surface area contributed by atoms with Gasteiger partial charge in [0.05, 0.1) is 17.7 Å². The number of hydrogen-bond donors (Lipinski definition) is 1. The molecule has 1 aromatic rings. The van der Waals surface area contributed by atoms with Gasteiger partial charge in [-0.15, -0.1) is 0 Å². The van der Waals surface area contributed by atoms with Crippen molar-refractivity contribution in [1.29, 1.82) is 5.26 Å². The van der Waals surface area contributed by atoms with Gasteiger partial charge in [0.25, 0.3) is 0 Å². The summed E-state index contributed by atoms with van der Waals surface area (Å²) in [7, 11) is 0. The summed E-state index contributed by atoms with van der Waals surface area (Å²) in [5, 5.41) is 17.2. The summed E-state index contributed by atoms with van der Waals surface area (Å²) in [6.45, 7) is -0.946. The maximum Gasteiger partial charge on any atom is 0.417 e. The lowest BCUT2D eigenvalue weighted by Crippen LogP contribution is -2.11. The van der Waals surface area contributed by atoms with Gasteiger partial charge in [-0.25, -0.2) is 4.39 Å². The van der Waals surface area contributed by atoms with Gasteiger partial charge >= 0.3 is 6.18 Å². The average Bonchev–Trinajstić information content (AvgIpc) is 2.15. The molecule has 0 aliphatic carbocycles. The summed E-state index contributed by atoms with van der Waals surface area (Å²) in [6.07, 6.45) is -4.73. The van der Waals surface area contributed by atoms with Gasteiger partial charge in [0, 0.05) is 5.56 Å². The number of hydrogen-bond acceptors (Lipinski definition) is 2. The molecule has 6 heteroatoms. The standard InChI is InChI=1S/C9H5F4NO/c10-8-2-1-7(9(11,12)13)5(3-14)6(8)4-15/h1-2,15H,4H2. The number of nitriles is 1. The summed E-state index contributed by atoms with van der Waals surface area (Å²) in [5.41, 5.74) is -2.74. The predicted molar refractivity (Wildman–Crippen MR) is 42.0 cm³/mol. The zero-order valence-electron chi connectivity index (χ0n) is 7.27. The number of nitrogens with zero attached hydrogens (tertiary/aromatic N) is 1. The minimum Gasteiger partial charge on any atom is -0.392 e. The molecule has 0 aliphatic rings. The van der Waals surface area contributed by atoms with Gasteiger partial charge in [0.1, 0.15) is 11.9 Å². The molecule has 1 aromatic carbocycles. The van der Waals surface area contributed by atoms with Crippen LogP contribution in [0.5, 0.6) is 0 Å². The van der Waals surface area contributed by atoms with E-state index in [4.69, 9.17) is 10.4 Å². The van der Waals surface area contributed by atoms with Crippen LogP contribution in [0, 0.1) is 17.1 Å². The molecule has 0 saturated heterocycles. The third-order valence-electron chi connectivity index (χ3n) is 1.83. The molecule has 0 atom stereocenters. The Morgan fingerprint density at radius 3 is 2.33 bits per heavy atom. The molecule has 0 aliphatic heterocycles. The monoisotopic (exact) mass is 219 g/mol. The van der Waals surface area contributed by atoms with Gasteiger partial charge in [0.15, 0.2) is 0 Å². The molecule has 0 radical (unpaired) electrons. The van der Waals surface area contributed by atoms with Gasteiger partial charge in [-0.05, 0) is 12.1 Å². The van der Waals surface area contributed by atoms with Gasteiger partial charge in [-0.3, -0.25) is 0 Å². The minimum absolute atomic E-state index is 0.479. The first-order valence-electron chi connectivity index (χ1n) is 3.81. The lowest BCUT2D eigenvalue weighted by atomic mass is 10.0. The van der Waals surface area contributed by atoms with E-state index in [1.807, 2.05) is 0 Å². The zero-order valence-corrected chi connectivity index (χ0v) is 7.27. The highest BCUT2D eigenvalue weighted by Gasteiger charge is 2.35. The quantitative estimate of drug-likeness (QED) is 0.736. The van der Waals surface area contributed by atoms with E-state index in [9.17, 15) is 17.6 Å².